The summed E-state index contributed by atoms with van der Waals surface area (Å²) in [5, 5.41) is 0. The summed E-state index contributed by atoms with van der Waals surface area (Å²) in [7, 11) is 3.25. The molecule has 12 radical (unpaired) electrons. The summed E-state index contributed by atoms with van der Waals surface area (Å²) < 4.78 is 9.24. The fourth-order valence-corrected chi connectivity index (χ4v) is 12.6. The molecule has 0 unspecified atom stereocenters. The molecule has 0 aliphatic carbocycles. The first-order valence-corrected chi connectivity index (χ1v) is 30.5. The molecule has 6 aromatic carbocycles. The van der Waals surface area contributed by atoms with Crippen LogP contribution in [0.4, 0.5) is 0 Å². The molecule has 0 amide bonds. The molecule has 0 aromatic heterocycles. The first-order valence-electron chi connectivity index (χ1n) is 16.0. The van der Waals surface area contributed by atoms with Crippen LogP contribution in [0.5, 0.6) is 0 Å². The van der Waals surface area contributed by atoms with Gasteiger partial charge in [0.05, 0.1) is 0 Å². The van der Waals surface area contributed by atoms with Crippen LogP contribution in [0.3, 0.4) is 0 Å². The van der Waals surface area contributed by atoms with E-state index in [1.165, 1.54) is 21.5 Å². The minimum atomic E-state index is -0.517. The van der Waals surface area contributed by atoms with E-state index in [9.17, 15) is 0 Å². The zero-order valence-corrected chi connectivity index (χ0v) is 40.9. The standard InChI is InChI=1S/6C6H5.3C2H6Si.3Sn/c6*1-2-4-6-5-3-1;3*1-3-2;;;/h6*1-5H;3*1-2H3;;;. The second-order valence-electron chi connectivity index (χ2n) is 10.1. The molecule has 0 nitrogen and oxygen atoms in total. The molecule has 0 N–H and O–H groups in total. The monoisotopic (exact) mass is 996 g/mol. The third-order valence-corrected chi connectivity index (χ3v) is 16.2. The van der Waals surface area contributed by atoms with E-state index in [1.54, 1.807) is 0 Å². The van der Waals surface area contributed by atoms with Crippen LogP contribution in [-0.2, 0) is 0 Å². The second kappa shape index (κ2) is 32.6. The van der Waals surface area contributed by atoms with Gasteiger partial charge in [-0.15, -0.1) is 0 Å². The molecule has 0 saturated carbocycles. The van der Waals surface area contributed by atoms with Gasteiger partial charge < -0.3 is 0 Å². The Morgan fingerprint density at radius 2 is 0.333 bits per heavy atom. The van der Waals surface area contributed by atoms with Crippen LogP contribution in [0.2, 0.25) is 39.3 Å². The zero-order valence-electron chi connectivity index (χ0n) is 29.3. The van der Waals surface area contributed by atoms with E-state index in [2.05, 4.69) is 221 Å². The maximum absolute atomic E-state index is 2.24. The minimum absolute atomic E-state index is 0.517. The van der Waals surface area contributed by atoms with Gasteiger partial charge in [0.25, 0.3) is 0 Å². The molecule has 0 saturated heterocycles. The van der Waals surface area contributed by atoms with Crippen molar-refractivity contribution in [1.29, 1.82) is 0 Å². The Morgan fingerprint density at radius 3 is 0.438 bits per heavy atom. The molecule has 0 bridgehead atoms. The van der Waals surface area contributed by atoms with Crippen molar-refractivity contribution < 1.29 is 0 Å². The summed E-state index contributed by atoms with van der Waals surface area (Å²) in [6.45, 7) is 12.9. The molecule has 0 spiro atoms. The van der Waals surface area contributed by atoms with Crippen LogP contribution >= 0.6 is 0 Å². The van der Waals surface area contributed by atoms with E-state index < -0.39 is 63.4 Å². The van der Waals surface area contributed by atoms with Crippen molar-refractivity contribution in [1.82, 2.24) is 0 Å². The van der Waals surface area contributed by atoms with E-state index >= 15 is 0 Å². The Balaban J connectivity index is 0.000000320. The molecule has 6 aromatic rings. The summed E-state index contributed by atoms with van der Waals surface area (Å²) in [5.74, 6) is 0. The van der Waals surface area contributed by atoms with Crippen molar-refractivity contribution in [3.8, 4) is 0 Å². The molecule has 6 rings (SSSR count). The fourth-order valence-electron chi connectivity index (χ4n) is 3.63. The Labute approximate surface area is 331 Å². The van der Waals surface area contributed by atoms with Gasteiger partial charge in [-0.05, 0) is 0 Å². The molecular formula is C42H48Si3Sn3. The Bertz CT molecular complexity index is 1190. The van der Waals surface area contributed by atoms with Gasteiger partial charge >= 0.3 is 267 Å². The molecule has 6 heteroatoms. The van der Waals surface area contributed by atoms with Crippen LogP contribution in [0.1, 0.15) is 0 Å². The van der Waals surface area contributed by atoms with Crippen molar-refractivity contribution in [2.45, 2.75) is 39.3 Å². The summed E-state index contributed by atoms with van der Waals surface area (Å²) in [4.78, 5) is 0. The summed E-state index contributed by atoms with van der Waals surface area (Å²) in [6, 6.07) is 64.8. The Hall–Kier alpha value is -1.63. The molecule has 0 aliphatic rings. The topological polar surface area (TPSA) is 0 Å². The predicted molar refractivity (Wildman–Crippen MR) is 226 cm³/mol. The zero-order chi connectivity index (χ0) is 34.9. The van der Waals surface area contributed by atoms with Gasteiger partial charge in [-0.1, -0.05) is 39.3 Å². The van der Waals surface area contributed by atoms with Crippen molar-refractivity contribution in [3.63, 3.8) is 0 Å². The second-order valence-corrected chi connectivity index (χ2v) is 25.1. The number of hydrogen-bond donors (Lipinski definition) is 0. The van der Waals surface area contributed by atoms with Crippen molar-refractivity contribution >= 4 is 113 Å². The van der Waals surface area contributed by atoms with E-state index in [1.807, 2.05) is 0 Å². The van der Waals surface area contributed by atoms with E-state index in [0.717, 1.165) is 28.6 Å². The van der Waals surface area contributed by atoms with Crippen molar-refractivity contribution in [2.24, 2.45) is 0 Å². The SMILES string of the molecule is C[Si]C.C[Si]C.C[Si]C.c1cc[c]([Sn][c]2ccccc2)cc1.c1cc[c]([Sn][c]2ccccc2)cc1.c1cc[c]([Sn][c]2ccccc2)cc1. The van der Waals surface area contributed by atoms with Crippen LogP contribution < -0.4 is 21.5 Å². The predicted octanol–water partition coefficient (Wildman–Crippen LogP) is 6.39. The van der Waals surface area contributed by atoms with Crippen LogP contribution in [-0.4, -0.2) is 92.0 Å². The summed E-state index contributed by atoms with van der Waals surface area (Å²) in [5.41, 5.74) is 0. The molecule has 0 aliphatic heterocycles. The maximum atomic E-state index is 2.24. The van der Waals surface area contributed by atoms with Crippen LogP contribution in [0, 0.1) is 0 Å². The first kappa shape index (κ1) is 44.4. The van der Waals surface area contributed by atoms with E-state index in [4.69, 9.17) is 0 Å². The number of rotatable bonds is 6. The quantitative estimate of drug-likeness (QED) is 0.170. The van der Waals surface area contributed by atoms with Crippen molar-refractivity contribution in [3.05, 3.63) is 182 Å². The third kappa shape index (κ3) is 24.5. The van der Waals surface area contributed by atoms with Crippen molar-refractivity contribution in [2.75, 3.05) is 0 Å². The van der Waals surface area contributed by atoms with E-state index in [0.29, 0.717) is 0 Å². The van der Waals surface area contributed by atoms with Crippen LogP contribution in [0.25, 0.3) is 0 Å². The molecule has 0 heterocycles. The first-order chi connectivity index (χ1) is 23.6. The molecule has 48 heavy (non-hydrogen) atoms. The van der Waals surface area contributed by atoms with Crippen LogP contribution in [0.15, 0.2) is 182 Å². The van der Waals surface area contributed by atoms with Gasteiger partial charge in [0.1, 0.15) is 0 Å². The third-order valence-electron chi connectivity index (χ3n) is 5.51. The average molecular weight is 993 g/mol. The summed E-state index contributed by atoms with van der Waals surface area (Å²) in [6.07, 6.45) is 0. The fraction of sp³-hybridized carbons (Fsp3) is 0.143. The van der Waals surface area contributed by atoms with Gasteiger partial charge in [0, 0.05) is 28.6 Å². The Morgan fingerprint density at radius 1 is 0.229 bits per heavy atom. The van der Waals surface area contributed by atoms with Gasteiger partial charge in [-0.25, -0.2) is 0 Å². The molecular weight excluding hydrogens is 945 g/mol. The summed E-state index contributed by atoms with van der Waals surface area (Å²) >= 11 is -1.55. The number of benzene rings is 6. The normalized spacial score (nSPS) is 9.12. The van der Waals surface area contributed by atoms with E-state index in [-0.39, 0.29) is 0 Å². The van der Waals surface area contributed by atoms with Gasteiger partial charge in [-0.2, -0.15) is 0 Å². The Kier molecular flexibility index (Phi) is 30.1. The average Bonchev–Trinajstić information content (AvgIpc) is 3.13. The number of hydrogen-bond acceptors (Lipinski definition) is 0. The van der Waals surface area contributed by atoms with Gasteiger partial charge in [0.15, 0.2) is 0 Å². The molecule has 0 atom stereocenters. The van der Waals surface area contributed by atoms with Gasteiger partial charge in [-0.3, -0.25) is 0 Å². The molecule has 240 valence electrons. The van der Waals surface area contributed by atoms with Gasteiger partial charge in [0.2, 0.25) is 0 Å². The molecule has 0 fully saturated rings.